The van der Waals surface area contributed by atoms with Crippen molar-refractivity contribution in [2.75, 3.05) is 19.6 Å². The van der Waals surface area contributed by atoms with Crippen LogP contribution in [-0.4, -0.2) is 0 Å². The highest BCUT2D eigenvalue weighted by atomic mass is 15.2. The predicted molar refractivity (Wildman–Crippen MR) is 441 cm³/mol. The van der Waals surface area contributed by atoms with Crippen LogP contribution in [0.15, 0.2) is 437 Å². The summed E-state index contributed by atoms with van der Waals surface area (Å²) in [5.74, 6) is 0. The molecule has 0 fully saturated rings. The molecule has 4 heteroatoms. The normalized spacial score (nSPS) is 11.1. The summed E-state index contributed by atoms with van der Waals surface area (Å²) in [6.07, 6.45) is 0. The first-order valence-electron chi connectivity index (χ1n) is 35.5. The monoisotopic (exact) mass is 1330 g/mol. The SMILES string of the molecule is c1ccc(-c2ccc(-c3ccc(N(c4ccccc4)c4ccc(-c5ccc(N(c6ccc(-c7ccccc7)cc6)c6cccc(-c7ccc(-c8ccc(N(c9ccc(-c%10ccccc%10)cc9)c9ccc(N(c%10ccccc%10)c%10cccc%11ccccc%10%11)cc9)cc8)cc7)c6)cc5)cc4)cc3)cc2)cc1. The highest BCUT2D eigenvalue weighted by Crippen LogP contribution is 2.45. The topological polar surface area (TPSA) is 13.0 Å². The molecule has 0 unspecified atom stereocenters. The van der Waals surface area contributed by atoms with Gasteiger partial charge in [0, 0.05) is 67.9 Å². The Kier molecular flexibility index (Phi) is 17.9. The van der Waals surface area contributed by atoms with Gasteiger partial charge >= 0.3 is 0 Å². The molecule has 0 aliphatic heterocycles. The van der Waals surface area contributed by atoms with Crippen molar-refractivity contribution in [3.8, 4) is 77.9 Å². The van der Waals surface area contributed by atoms with Gasteiger partial charge in [-0.25, -0.2) is 0 Å². The molecule has 0 saturated heterocycles. The molecule has 0 atom stereocenters. The Labute approximate surface area is 609 Å². The summed E-state index contributed by atoms with van der Waals surface area (Å²) < 4.78 is 0. The van der Waals surface area contributed by atoms with Crippen LogP contribution in [0.1, 0.15) is 0 Å². The molecule has 104 heavy (non-hydrogen) atoms. The molecule has 17 aromatic rings. The minimum Gasteiger partial charge on any atom is -0.311 e. The van der Waals surface area contributed by atoms with Gasteiger partial charge in [0.25, 0.3) is 0 Å². The van der Waals surface area contributed by atoms with Crippen molar-refractivity contribution in [2.45, 2.75) is 0 Å². The lowest BCUT2D eigenvalue weighted by atomic mass is 9.99. The number of anilines is 12. The molecule has 0 radical (unpaired) electrons. The van der Waals surface area contributed by atoms with Crippen LogP contribution >= 0.6 is 0 Å². The van der Waals surface area contributed by atoms with Crippen LogP contribution in [0.2, 0.25) is 0 Å². The Morgan fingerprint density at radius 3 is 0.644 bits per heavy atom. The van der Waals surface area contributed by atoms with Crippen LogP contribution in [0.5, 0.6) is 0 Å². The number of fused-ring (bicyclic) bond motifs is 1. The van der Waals surface area contributed by atoms with Crippen LogP contribution < -0.4 is 19.6 Å². The summed E-state index contributed by atoms with van der Waals surface area (Å²) in [5.41, 5.74) is 29.3. The van der Waals surface area contributed by atoms with Crippen LogP contribution in [-0.2, 0) is 0 Å². The molecule has 0 aliphatic rings. The number of para-hydroxylation sites is 2. The smallest absolute Gasteiger partial charge is 0.0540 e. The Morgan fingerprint density at radius 2 is 0.308 bits per heavy atom. The number of hydrogen-bond acceptors (Lipinski definition) is 4. The molecule has 0 bridgehead atoms. The van der Waals surface area contributed by atoms with E-state index in [-0.39, 0.29) is 0 Å². The number of hydrogen-bond donors (Lipinski definition) is 0. The van der Waals surface area contributed by atoms with Crippen molar-refractivity contribution in [3.05, 3.63) is 437 Å². The third-order valence-electron chi connectivity index (χ3n) is 19.7. The molecular formula is C100H72N4. The Hall–Kier alpha value is -13.8. The van der Waals surface area contributed by atoms with Crippen molar-refractivity contribution in [1.29, 1.82) is 0 Å². The fraction of sp³-hybridized carbons (Fsp3) is 0. The Balaban J connectivity index is 0.642. The van der Waals surface area contributed by atoms with Crippen molar-refractivity contribution in [2.24, 2.45) is 0 Å². The first kappa shape index (κ1) is 63.6. The second-order valence-electron chi connectivity index (χ2n) is 26.1. The summed E-state index contributed by atoms with van der Waals surface area (Å²) in [5, 5.41) is 2.40. The molecule has 0 N–H and O–H groups in total. The highest BCUT2D eigenvalue weighted by molar-refractivity contribution is 5.99. The zero-order chi connectivity index (χ0) is 69.4. The number of rotatable bonds is 19. The Bertz CT molecular complexity index is 5680. The molecule has 0 amide bonds. The molecule has 0 spiro atoms. The zero-order valence-electron chi connectivity index (χ0n) is 57.4. The lowest BCUT2D eigenvalue weighted by Gasteiger charge is -2.29. The molecular weight excluding hydrogens is 1260 g/mol. The van der Waals surface area contributed by atoms with E-state index in [1.807, 2.05) is 0 Å². The highest BCUT2D eigenvalue weighted by Gasteiger charge is 2.21. The van der Waals surface area contributed by atoms with E-state index in [1.165, 1.54) is 55.3 Å². The fourth-order valence-electron chi connectivity index (χ4n) is 14.3. The second kappa shape index (κ2) is 29.2. The van der Waals surface area contributed by atoms with E-state index in [2.05, 4.69) is 456 Å². The van der Waals surface area contributed by atoms with Gasteiger partial charge in [0.1, 0.15) is 0 Å². The van der Waals surface area contributed by atoms with Gasteiger partial charge in [-0.3, -0.25) is 0 Å². The van der Waals surface area contributed by atoms with Crippen molar-refractivity contribution in [1.82, 2.24) is 0 Å². The molecule has 0 aliphatic carbocycles. The van der Waals surface area contributed by atoms with Crippen molar-refractivity contribution in [3.63, 3.8) is 0 Å². The van der Waals surface area contributed by atoms with E-state index in [9.17, 15) is 0 Å². The summed E-state index contributed by atoms with van der Waals surface area (Å²) >= 11 is 0. The van der Waals surface area contributed by atoms with E-state index in [1.54, 1.807) is 0 Å². The van der Waals surface area contributed by atoms with Gasteiger partial charge in [-0.15, -0.1) is 0 Å². The summed E-state index contributed by atoms with van der Waals surface area (Å²) in [6.45, 7) is 0. The van der Waals surface area contributed by atoms with E-state index >= 15 is 0 Å². The van der Waals surface area contributed by atoms with Crippen LogP contribution in [0.25, 0.3) is 88.7 Å². The average molecular weight is 1330 g/mol. The zero-order valence-corrected chi connectivity index (χ0v) is 57.4. The maximum absolute atomic E-state index is 2.37. The quantitative estimate of drug-likeness (QED) is 0.0800. The van der Waals surface area contributed by atoms with E-state index in [0.29, 0.717) is 0 Å². The largest absolute Gasteiger partial charge is 0.311 e. The minimum atomic E-state index is 1.06. The first-order valence-corrected chi connectivity index (χ1v) is 35.5. The fourth-order valence-corrected chi connectivity index (χ4v) is 14.3. The minimum absolute atomic E-state index is 1.06. The molecule has 17 aromatic carbocycles. The summed E-state index contributed by atoms with van der Waals surface area (Å²) in [4.78, 5) is 9.40. The van der Waals surface area contributed by atoms with Gasteiger partial charge in [0.15, 0.2) is 0 Å². The predicted octanol–water partition coefficient (Wildman–Crippen LogP) is 28.4. The maximum Gasteiger partial charge on any atom is 0.0540 e. The number of benzene rings is 17. The lowest BCUT2D eigenvalue weighted by Crippen LogP contribution is -2.12. The van der Waals surface area contributed by atoms with Gasteiger partial charge in [0.05, 0.1) is 5.69 Å². The average Bonchev–Trinajstić information content (AvgIpc) is 0.775. The van der Waals surface area contributed by atoms with Gasteiger partial charge in [-0.2, -0.15) is 0 Å². The second-order valence-corrected chi connectivity index (χ2v) is 26.1. The first-order chi connectivity index (χ1) is 51.5. The maximum atomic E-state index is 2.37. The van der Waals surface area contributed by atoms with Crippen molar-refractivity contribution < 1.29 is 0 Å². The third kappa shape index (κ3) is 13.5. The van der Waals surface area contributed by atoms with Gasteiger partial charge in [-0.1, -0.05) is 297 Å². The van der Waals surface area contributed by atoms with E-state index < -0.39 is 0 Å². The van der Waals surface area contributed by atoms with Crippen LogP contribution in [0.4, 0.5) is 68.2 Å². The van der Waals surface area contributed by atoms with Crippen LogP contribution in [0, 0.1) is 0 Å². The van der Waals surface area contributed by atoms with Crippen LogP contribution in [0.3, 0.4) is 0 Å². The summed E-state index contributed by atoms with van der Waals surface area (Å²) in [6, 6.07) is 158. The third-order valence-corrected chi connectivity index (χ3v) is 19.7. The van der Waals surface area contributed by atoms with E-state index in [0.717, 1.165) is 102 Å². The molecule has 0 aromatic heterocycles. The molecule has 0 saturated carbocycles. The van der Waals surface area contributed by atoms with E-state index in [4.69, 9.17) is 0 Å². The number of nitrogens with zero attached hydrogens (tertiary/aromatic N) is 4. The standard InChI is InChI=1S/C100H72N4/c1-6-20-73(21-7-1)76-36-38-77(39-37-76)81-48-58-90(59-49-81)101(88-29-12-4-13-30-88)91-60-52-83(53-61-91)84-54-66-95(67-55-84)103(94-64-46-80(47-65-94)75-24-10-3-11-25-75)98-33-18-28-87(72-98)85-42-40-78(41-43-85)82-50-62-93(63-51-82)102(92-56-44-79(45-57-92)74-22-8-2-9-23-74)96-68-70-97(71-69-96)104(89-31-14-5-15-32-89)100-35-19-27-86-26-16-17-34-99(86)100/h1-72H. The van der Waals surface area contributed by atoms with Crippen molar-refractivity contribution >= 4 is 79.0 Å². The molecule has 17 rings (SSSR count). The van der Waals surface area contributed by atoms with Gasteiger partial charge < -0.3 is 19.6 Å². The summed E-state index contributed by atoms with van der Waals surface area (Å²) in [7, 11) is 0. The lowest BCUT2D eigenvalue weighted by molar-refractivity contribution is 1.26. The van der Waals surface area contributed by atoms with Gasteiger partial charge in [0.2, 0.25) is 0 Å². The molecule has 0 heterocycles. The molecule has 4 nitrogen and oxygen atoms in total. The Morgan fingerprint density at radius 1 is 0.115 bits per heavy atom. The van der Waals surface area contributed by atoms with Gasteiger partial charge in [-0.05, 0) is 223 Å². The molecule has 492 valence electrons.